The van der Waals surface area contributed by atoms with Gasteiger partial charge < -0.3 is 65.1 Å². The lowest BCUT2D eigenvalue weighted by molar-refractivity contribution is -0.359. The molecule has 0 radical (unpaired) electrons. The molecule has 2 saturated heterocycles. The number of hydrogen-bond donors (Lipinski definition) is 9. The van der Waals surface area contributed by atoms with Crippen LogP contribution in [-0.2, 0) is 23.7 Å². The lowest BCUT2D eigenvalue weighted by atomic mass is 9.97. The minimum atomic E-state index is -1.79. The summed E-state index contributed by atoms with van der Waals surface area (Å²) in [4.78, 5) is 13.3. The molecule has 0 bridgehead atoms. The van der Waals surface area contributed by atoms with E-state index in [2.05, 4.69) is 92.1 Å². The second-order valence-corrected chi connectivity index (χ2v) is 24.6. The zero-order valence-corrected chi connectivity index (χ0v) is 54.7. The molecule has 2 heterocycles. The van der Waals surface area contributed by atoms with Gasteiger partial charge in [-0.25, -0.2) is 0 Å². The quantitative estimate of drug-likeness (QED) is 0.0204. The van der Waals surface area contributed by atoms with Crippen molar-refractivity contribution in [2.24, 2.45) is 0 Å². The smallest absolute Gasteiger partial charge is 0.220 e. The fourth-order valence-corrected chi connectivity index (χ4v) is 11.2. The fraction of sp³-hybridized carbons (Fsp3) is 0.795. The first-order chi connectivity index (χ1) is 42.6. The summed E-state index contributed by atoms with van der Waals surface area (Å²) in [5.74, 6) is -0.254. The van der Waals surface area contributed by atoms with Gasteiger partial charge in [0.25, 0.3) is 0 Å². The predicted molar refractivity (Wildman–Crippen MR) is 355 cm³/mol. The number of aliphatic hydroxyl groups is 8. The predicted octanol–water partition coefficient (Wildman–Crippen LogP) is 14.4. The largest absolute Gasteiger partial charge is 0.394 e. The van der Waals surface area contributed by atoms with Gasteiger partial charge in [-0.2, -0.15) is 0 Å². The third kappa shape index (κ3) is 41.3. The van der Waals surface area contributed by atoms with Crippen molar-refractivity contribution in [3.8, 4) is 0 Å². The molecule has 2 aliphatic heterocycles. The molecule has 0 aliphatic carbocycles. The van der Waals surface area contributed by atoms with Crippen LogP contribution in [0.4, 0.5) is 0 Å². The van der Waals surface area contributed by atoms with E-state index in [-0.39, 0.29) is 18.9 Å². The Morgan fingerprint density at radius 3 is 1.22 bits per heavy atom. The van der Waals surface area contributed by atoms with Gasteiger partial charge in [-0.1, -0.05) is 285 Å². The Morgan fingerprint density at radius 2 is 0.793 bits per heavy atom. The van der Waals surface area contributed by atoms with Crippen LogP contribution in [0.1, 0.15) is 277 Å². The van der Waals surface area contributed by atoms with E-state index >= 15 is 0 Å². The highest BCUT2D eigenvalue weighted by Crippen LogP contribution is 2.30. The van der Waals surface area contributed by atoms with Gasteiger partial charge in [0.1, 0.15) is 48.8 Å². The van der Waals surface area contributed by atoms with E-state index < -0.39 is 86.8 Å². The number of rotatable bonds is 57. The van der Waals surface area contributed by atoms with E-state index in [4.69, 9.17) is 18.9 Å². The summed E-state index contributed by atoms with van der Waals surface area (Å²) < 4.78 is 22.9. The molecule has 14 nitrogen and oxygen atoms in total. The molecule has 2 rings (SSSR count). The van der Waals surface area contributed by atoms with Crippen LogP contribution in [-0.4, -0.2) is 140 Å². The van der Waals surface area contributed by atoms with Crippen LogP contribution < -0.4 is 5.32 Å². The van der Waals surface area contributed by atoms with Crippen LogP contribution in [0.3, 0.4) is 0 Å². The Labute approximate surface area is 529 Å². The number of carbonyl (C=O) groups excluding carboxylic acids is 1. The third-order valence-corrected chi connectivity index (χ3v) is 16.8. The van der Waals surface area contributed by atoms with E-state index in [1.807, 2.05) is 6.08 Å². The molecular weight excluding hydrogens is 1100 g/mol. The summed E-state index contributed by atoms with van der Waals surface area (Å²) in [6.45, 7) is 2.70. The number of allylic oxidation sites excluding steroid dienone is 13. The molecule has 0 aromatic rings. The first-order valence-corrected chi connectivity index (χ1v) is 35.3. The lowest BCUT2D eigenvalue weighted by Gasteiger charge is -2.46. The van der Waals surface area contributed by atoms with Crippen molar-refractivity contribution in [3.63, 3.8) is 0 Å². The van der Waals surface area contributed by atoms with Gasteiger partial charge in [-0.15, -0.1) is 0 Å². The molecule has 14 heteroatoms. The fourth-order valence-electron chi connectivity index (χ4n) is 11.2. The molecule has 0 aromatic heterocycles. The highest BCUT2D eigenvalue weighted by Gasteiger charge is 2.51. The van der Waals surface area contributed by atoms with Crippen molar-refractivity contribution >= 4 is 5.91 Å². The van der Waals surface area contributed by atoms with Crippen LogP contribution in [0, 0.1) is 0 Å². The SMILES string of the molecule is CC/C=C\C/C=C\C/C=C\C/C=C\C/C=C\C/C=C\CCCCCCCCC(=O)NC(COC1OC(CO)C(OC2OC(CO)C(O)C(O)C2O)C(O)C1O)C(O)/C=C/CCCCCCCCCCCCCCCCCCCCCCCCCCCC. The zero-order valence-electron chi connectivity index (χ0n) is 54.7. The molecule has 0 saturated carbocycles. The molecule has 87 heavy (non-hydrogen) atoms. The van der Waals surface area contributed by atoms with E-state index in [1.165, 1.54) is 154 Å². The standard InChI is InChI=1S/C73H129NO13/c1-3-5-7-9-11-13-15-17-19-21-23-25-27-29-30-31-33-34-36-38-40-42-44-46-48-50-52-54-56-62(77)61(60-84-72-70(83)68(81)71(64(59-76)86-72)87-73-69(82)67(80)66(79)63(58-75)85-73)74-65(78)57-55-53-51-49-47-45-43-41-39-37-35-32-28-26-24-22-20-18-16-14-12-10-8-6-4-2/h6,8,12,14,18,20,24,26,32,35,39,41,54,56,61-64,66-73,75-77,79-83H,3-5,7,9-11,13,15-17,19,21-23,25,27-31,33-34,36-38,40,42-53,55,57-60H2,1-2H3,(H,74,78)/b8-6-,14-12-,20-18-,26-24-,35-32-,41-39-,56-54+. The van der Waals surface area contributed by atoms with Crippen LogP contribution >= 0.6 is 0 Å². The molecule has 12 atom stereocenters. The molecule has 12 unspecified atom stereocenters. The van der Waals surface area contributed by atoms with Gasteiger partial charge in [0.05, 0.1) is 32.0 Å². The molecule has 0 spiro atoms. The maximum absolute atomic E-state index is 13.3. The average molecular weight is 1230 g/mol. The highest BCUT2D eigenvalue weighted by atomic mass is 16.7. The molecule has 0 aromatic carbocycles. The molecule has 2 aliphatic rings. The molecule has 1 amide bonds. The molecule has 2 fully saturated rings. The number of carbonyl (C=O) groups is 1. The Balaban J connectivity index is 1.70. The summed E-state index contributed by atoms with van der Waals surface area (Å²) >= 11 is 0. The number of hydrogen-bond acceptors (Lipinski definition) is 13. The van der Waals surface area contributed by atoms with E-state index in [0.29, 0.717) is 6.42 Å². The topological polar surface area (TPSA) is 228 Å². The van der Waals surface area contributed by atoms with Gasteiger partial charge in [0, 0.05) is 6.42 Å². The molecule has 9 N–H and O–H groups in total. The minimum absolute atomic E-state index is 0.254. The van der Waals surface area contributed by atoms with E-state index in [1.54, 1.807) is 6.08 Å². The van der Waals surface area contributed by atoms with Crippen molar-refractivity contribution in [2.45, 2.75) is 351 Å². The number of unbranched alkanes of at least 4 members (excludes halogenated alkanes) is 32. The second-order valence-electron chi connectivity index (χ2n) is 24.6. The van der Waals surface area contributed by atoms with E-state index in [9.17, 15) is 45.6 Å². The third-order valence-electron chi connectivity index (χ3n) is 16.8. The van der Waals surface area contributed by atoms with Crippen LogP contribution in [0.5, 0.6) is 0 Å². The van der Waals surface area contributed by atoms with Crippen LogP contribution in [0.2, 0.25) is 0 Å². The minimum Gasteiger partial charge on any atom is -0.394 e. The molecule has 504 valence electrons. The summed E-state index contributed by atoms with van der Waals surface area (Å²) in [5, 5.41) is 87.5. The maximum atomic E-state index is 13.3. The average Bonchev–Trinajstić information content (AvgIpc) is 2.50. The summed E-state index contributed by atoms with van der Waals surface area (Å²) in [6.07, 6.45) is 62.0. The number of aliphatic hydroxyl groups excluding tert-OH is 8. The van der Waals surface area contributed by atoms with Crippen molar-refractivity contribution in [3.05, 3.63) is 85.1 Å². The Kier molecular flexibility index (Phi) is 52.7. The van der Waals surface area contributed by atoms with E-state index in [0.717, 1.165) is 96.3 Å². The van der Waals surface area contributed by atoms with Crippen LogP contribution in [0.15, 0.2) is 85.1 Å². The van der Waals surface area contributed by atoms with Gasteiger partial charge >= 0.3 is 0 Å². The van der Waals surface area contributed by atoms with Crippen LogP contribution in [0.25, 0.3) is 0 Å². The second kappa shape index (κ2) is 57.1. The number of ether oxygens (including phenoxy) is 4. The van der Waals surface area contributed by atoms with Gasteiger partial charge in [-0.3, -0.25) is 4.79 Å². The zero-order chi connectivity index (χ0) is 63.1. The number of amides is 1. The summed E-state index contributed by atoms with van der Waals surface area (Å²) in [5.41, 5.74) is 0. The normalized spacial score (nSPS) is 23.8. The van der Waals surface area contributed by atoms with Gasteiger partial charge in [0.15, 0.2) is 12.6 Å². The lowest BCUT2D eigenvalue weighted by Crippen LogP contribution is -2.65. The summed E-state index contributed by atoms with van der Waals surface area (Å²) in [6, 6.07) is -0.930. The summed E-state index contributed by atoms with van der Waals surface area (Å²) in [7, 11) is 0. The first-order valence-electron chi connectivity index (χ1n) is 35.3. The van der Waals surface area contributed by atoms with Gasteiger partial charge in [-0.05, 0) is 70.6 Å². The van der Waals surface area contributed by atoms with Gasteiger partial charge in [0.2, 0.25) is 5.91 Å². The first kappa shape index (κ1) is 80.3. The monoisotopic (exact) mass is 1230 g/mol. The Bertz CT molecular complexity index is 1780. The van der Waals surface area contributed by atoms with Crippen molar-refractivity contribution in [1.82, 2.24) is 5.32 Å². The maximum Gasteiger partial charge on any atom is 0.220 e. The Hall–Kier alpha value is -2.83. The highest BCUT2D eigenvalue weighted by molar-refractivity contribution is 5.76. The molecular formula is C73H129NO13. The van der Waals surface area contributed by atoms with Crippen molar-refractivity contribution in [1.29, 1.82) is 0 Å². The number of nitrogens with one attached hydrogen (secondary N) is 1. The van der Waals surface area contributed by atoms with Crippen molar-refractivity contribution < 1.29 is 64.6 Å². The Morgan fingerprint density at radius 1 is 0.425 bits per heavy atom. The van der Waals surface area contributed by atoms with Crippen molar-refractivity contribution in [2.75, 3.05) is 19.8 Å².